The van der Waals surface area contributed by atoms with Crippen molar-refractivity contribution < 1.29 is 14.3 Å². The topological polar surface area (TPSA) is 74.8 Å². The van der Waals surface area contributed by atoms with E-state index in [1.165, 1.54) is 0 Å². The molecule has 1 aromatic heterocycles. The summed E-state index contributed by atoms with van der Waals surface area (Å²) in [4.78, 5) is 32.0. The van der Waals surface area contributed by atoms with Gasteiger partial charge in [0.2, 0.25) is 5.91 Å². The number of hydrogen-bond donors (Lipinski definition) is 1. The minimum Gasteiger partial charge on any atom is -0.489 e. The van der Waals surface area contributed by atoms with Crippen molar-refractivity contribution in [3.8, 4) is 5.75 Å². The van der Waals surface area contributed by atoms with E-state index in [1.807, 2.05) is 38.1 Å². The summed E-state index contributed by atoms with van der Waals surface area (Å²) in [6.07, 6.45) is 3.31. The lowest BCUT2D eigenvalue weighted by atomic mass is 10.2. The lowest BCUT2D eigenvalue weighted by Gasteiger charge is -2.34. The first-order valence-electron chi connectivity index (χ1n) is 9.46. The monoisotopic (exact) mass is 382 g/mol. The highest BCUT2D eigenvalue weighted by Gasteiger charge is 2.23. The lowest BCUT2D eigenvalue weighted by Crippen LogP contribution is -2.50. The molecule has 2 aromatic rings. The fraction of sp³-hybridized carbons (Fsp3) is 0.381. The van der Waals surface area contributed by atoms with Crippen molar-refractivity contribution >= 4 is 23.2 Å². The van der Waals surface area contributed by atoms with Crippen LogP contribution < -0.4 is 10.1 Å². The zero-order chi connectivity index (χ0) is 20.1. The molecule has 1 aliphatic rings. The van der Waals surface area contributed by atoms with Crippen molar-refractivity contribution in [1.82, 2.24) is 14.8 Å². The molecule has 1 fully saturated rings. The van der Waals surface area contributed by atoms with Crippen LogP contribution in [0.25, 0.3) is 0 Å². The Bertz CT molecular complexity index is 845. The number of piperazine rings is 1. The zero-order valence-electron chi connectivity index (χ0n) is 16.5. The number of nitrogens with zero attached hydrogens (tertiary/aromatic N) is 3. The molecule has 3 rings (SSSR count). The molecule has 7 heteroatoms. The van der Waals surface area contributed by atoms with Crippen LogP contribution in [0.15, 0.2) is 42.7 Å². The number of hydrogen-bond acceptors (Lipinski definition) is 5. The molecule has 0 spiro atoms. The van der Waals surface area contributed by atoms with Gasteiger partial charge in [0.15, 0.2) is 0 Å². The Hall–Kier alpha value is -3.09. The van der Waals surface area contributed by atoms with E-state index in [1.54, 1.807) is 35.2 Å². The number of aromatic nitrogens is 1. The van der Waals surface area contributed by atoms with E-state index < -0.39 is 0 Å². The summed E-state index contributed by atoms with van der Waals surface area (Å²) in [5, 5.41) is 3.29. The predicted molar refractivity (Wildman–Crippen MR) is 108 cm³/mol. The van der Waals surface area contributed by atoms with Gasteiger partial charge in [0, 0.05) is 39.3 Å². The minimum atomic E-state index is -0.0777. The predicted octanol–water partition coefficient (Wildman–Crippen LogP) is 2.92. The van der Waals surface area contributed by atoms with Crippen LogP contribution >= 0.6 is 0 Å². The van der Waals surface area contributed by atoms with Crippen LogP contribution in [0.5, 0.6) is 5.75 Å². The Balaban J connectivity index is 1.71. The van der Waals surface area contributed by atoms with Crippen molar-refractivity contribution in [2.45, 2.75) is 26.9 Å². The Morgan fingerprint density at radius 3 is 2.43 bits per heavy atom. The van der Waals surface area contributed by atoms with Crippen LogP contribution in [0.2, 0.25) is 0 Å². The van der Waals surface area contributed by atoms with Crippen molar-refractivity contribution in [1.29, 1.82) is 0 Å². The van der Waals surface area contributed by atoms with Gasteiger partial charge >= 0.3 is 0 Å². The normalized spacial score (nSPS) is 14.1. The molecule has 0 radical (unpaired) electrons. The molecule has 148 valence electrons. The number of anilines is 2. The van der Waals surface area contributed by atoms with E-state index in [-0.39, 0.29) is 17.9 Å². The maximum atomic E-state index is 12.8. The van der Waals surface area contributed by atoms with E-state index in [4.69, 9.17) is 4.74 Å². The number of rotatable bonds is 5. The van der Waals surface area contributed by atoms with E-state index in [0.717, 1.165) is 11.4 Å². The molecular weight excluding hydrogens is 356 g/mol. The van der Waals surface area contributed by atoms with Gasteiger partial charge in [-0.3, -0.25) is 14.6 Å². The number of carbonyl (C=O) groups excluding carboxylic acids is 2. The van der Waals surface area contributed by atoms with Crippen molar-refractivity contribution in [3.63, 3.8) is 0 Å². The van der Waals surface area contributed by atoms with Crippen LogP contribution in [0.4, 0.5) is 11.4 Å². The van der Waals surface area contributed by atoms with Crippen LogP contribution in [0.3, 0.4) is 0 Å². The smallest absolute Gasteiger partial charge is 0.255 e. The van der Waals surface area contributed by atoms with E-state index in [9.17, 15) is 9.59 Å². The molecule has 1 saturated heterocycles. The van der Waals surface area contributed by atoms with E-state index in [2.05, 4.69) is 10.3 Å². The maximum Gasteiger partial charge on any atom is 0.255 e. The maximum absolute atomic E-state index is 12.8. The second kappa shape index (κ2) is 8.73. The van der Waals surface area contributed by atoms with Crippen molar-refractivity contribution in [2.75, 3.05) is 31.5 Å². The average Bonchev–Trinajstić information content (AvgIpc) is 2.69. The number of amides is 2. The molecule has 0 atom stereocenters. The summed E-state index contributed by atoms with van der Waals surface area (Å²) >= 11 is 0. The highest BCUT2D eigenvalue weighted by molar-refractivity contribution is 5.95. The molecule has 0 unspecified atom stereocenters. The van der Waals surface area contributed by atoms with Gasteiger partial charge in [-0.15, -0.1) is 0 Å². The van der Waals surface area contributed by atoms with Crippen LogP contribution in [0, 0.1) is 0 Å². The van der Waals surface area contributed by atoms with Crippen LogP contribution in [-0.4, -0.2) is 58.9 Å². The van der Waals surface area contributed by atoms with Gasteiger partial charge in [0.05, 0.1) is 29.2 Å². The molecule has 0 aliphatic carbocycles. The Labute approximate surface area is 165 Å². The summed E-state index contributed by atoms with van der Waals surface area (Å²) in [5.74, 6) is 0.711. The fourth-order valence-electron chi connectivity index (χ4n) is 3.11. The second-order valence-electron chi connectivity index (χ2n) is 7.05. The standard InChI is InChI=1S/C21H26N4O3/c1-15(2)28-20-7-5-4-6-19(20)23-18-12-17(13-22-14-18)21(27)25-10-8-24(9-11-25)16(3)26/h4-7,12-15,23H,8-11H2,1-3H3. The number of nitrogens with one attached hydrogen (secondary N) is 1. The number of carbonyl (C=O) groups is 2. The van der Waals surface area contributed by atoms with Crippen LogP contribution in [-0.2, 0) is 4.79 Å². The third kappa shape index (κ3) is 4.79. The van der Waals surface area contributed by atoms with Gasteiger partial charge in [-0.25, -0.2) is 0 Å². The molecule has 7 nitrogen and oxygen atoms in total. The molecule has 28 heavy (non-hydrogen) atoms. The molecule has 1 N–H and O–H groups in total. The SMILES string of the molecule is CC(=O)N1CCN(C(=O)c2cncc(Nc3ccccc3OC(C)C)c2)CC1. The molecule has 0 bridgehead atoms. The number of benzene rings is 1. The number of pyridine rings is 1. The largest absolute Gasteiger partial charge is 0.489 e. The second-order valence-corrected chi connectivity index (χ2v) is 7.05. The number of ether oxygens (including phenoxy) is 1. The Kier molecular flexibility index (Phi) is 6.13. The Morgan fingerprint density at radius 1 is 1.07 bits per heavy atom. The first kappa shape index (κ1) is 19.7. The number of para-hydroxylation sites is 2. The summed E-state index contributed by atoms with van der Waals surface area (Å²) in [7, 11) is 0. The summed E-state index contributed by atoms with van der Waals surface area (Å²) in [6, 6.07) is 9.46. The molecule has 0 saturated carbocycles. The quantitative estimate of drug-likeness (QED) is 0.861. The van der Waals surface area contributed by atoms with Crippen LogP contribution in [0.1, 0.15) is 31.1 Å². The summed E-state index contributed by atoms with van der Waals surface area (Å²) in [5.41, 5.74) is 2.05. The summed E-state index contributed by atoms with van der Waals surface area (Å²) < 4.78 is 5.83. The van der Waals surface area contributed by atoms with Crippen molar-refractivity contribution in [3.05, 3.63) is 48.3 Å². The molecule has 2 amide bonds. The third-order valence-corrected chi connectivity index (χ3v) is 4.53. The lowest BCUT2D eigenvalue weighted by molar-refractivity contribution is -0.130. The minimum absolute atomic E-state index is 0.0437. The highest BCUT2D eigenvalue weighted by Crippen LogP contribution is 2.28. The molecular formula is C21H26N4O3. The van der Waals surface area contributed by atoms with Gasteiger partial charge in [0.25, 0.3) is 5.91 Å². The molecule has 1 aliphatic heterocycles. The fourth-order valence-corrected chi connectivity index (χ4v) is 3.11. The van der Waals surface area contributed by atoms with Gasteiger partial charge in [-0.05, 0) is 32.0 Å². The Morgan fingerprint density at radius 2 is 1.75 bits per heavy atom. The highest BCUT2D eigenvalue weighted by atomic mass is 16.5. The van der Waals surface area contributed by atoms with Gasteiger partial charge < -0.3 is 19.9 Å². The first-order chi connectivity index (χ1) is 13.4. The van der Waals surface area contributed by atoms with Crippen molar-refractivity contribution in [2.24, 2.45) is 0 Å². The van der Waals surface area contributed by atoms with Gasteiger partial charge in [-0.2, -0.15) is 0 Å². The third-order valence-electron chi connectivity index (χ3n) is 4.53. The van der Waals surface area contributed by atoms with Gasteiger partial charge in [0.1, 0.15) is 5.75 Å². The molecule has 1 aromatic carbocycles. The first-order valence-corrected chi connectivity index (χ1v) is 9.46. The summed E-state index contributed by atoms with van der Waals surface area (Å²) in [6.45, 7) is 7.69. The average molecular weight is 382 g/mol. The molecule has 2 heterocycles. The van der Waals surface area contributed by atoms with Gasteiger partial charge in [-0.1, -0.05) is 12.1 Å². The zero-order valence-corrected chi connectivity index (χ0v) is 16.5. The van der Waals surface area contributed by atoms with E-state index >= 15 is 0 Å². The van der Waals surface area contributed by atoms with E-state index in [0.29, 0.717) is 37.4 Å².